The Balaban J connectivity index is -0.000000133. The fourth-order valence-corrected chi connectivity index (χ4v) is 2.53. The summed E-state index contributed by atoms with van der Waals surface area (Å²) in [6.45, 7) is 49.9. The van der Waals surface area contributed by atoms with Crippen molar-refractivity contribution < 1.29 is 0 Å². The number of hydrogen-bond donors (Lipinski definition) is 4. The molecular formula is C62H111N13. The molecule has 0 unspecified atom stereocenters. The van der Waals surface area contributed by atoms with E-state index < -0.39 is 0 Å². The quantitative estimate of drug-likeness (QED) is 0.124. The summed E-state index contributed by atoms with van der Waals surface area (Å²) in [7, 11) is 0. The Morgan fingerprint density at radius 2 is 0.667 bits per heavy atom. The molecule has 7 aromatic heterocycles. The summed E-state index contributed by atoms with van der Waals surface area (Å²) in [5, 5.41) is 12.2. The summed E-state index contributed by atoms with van der Waals surface area (Å²) in [6, 6.07) is 23.7. The van der Waals surface area contributed by atoms with Gasteiger partial charge >= 0.3 is 0 Å². The van der Waals surface area contributed by atoms with E-state index in [0.29, 0.717) is 5.92 Å². The molecule has 0 aliphatic rings. The standard InChI is InChI=1S/C9H12.C5H5N.2C4H4N2.C4H5N.7C4H10.2C3H4N2.C2H3N3/c1-8(2)9-6-4-3-5-7-9;1-2-4-6-5-3-1;1-2-6-4-3-5-1;1-2-5-4-6-3-1;1-2-4-5-3-1;7*1-4(2)3;1-2-5-3-4-1;1-2-4-5-3-1;1-3-2-5-4-1/h3-8H,1-2H3;1-5H;2*1-4H;1-5H;7*4H,1-3H3;2*1-3H,(H,4,5);1-2H,(H,3,4,5). The molecule has 75 heavy (non-hydrogen) atoms. The number of rotatable bonds is 1. The summed E-state index contributed by atoms with van der Waals surface area (Å²) in [5.41, 5.74) is 1.41. The number of H-pyrrole nitrogens is 4. The van der Waals surface area contributed by atoms with Crippen molar-refractivity contribution >= 4 is 0 Å². The molecule has 0 spiro atoms. The van der Waals surface area contributed by atoms with E-state index in [1.807, 2.05) is 54.9 Å². The number of nitrogens with zero attached hydrogens (tertiary/aromatic N) is 9. The normalized spacial score (nSPS) is 8.63. The molecule has 1 aromatic carbocycles. The van der Waals surface area contributed by atoms with Crippen LogP contribution in [-0.2, 0) is 0 Å². The van der Waals surface area contributed by atoms with E-state index in [1.165, 1.54) is 24.5 Å². The first-order chi connectivity index (χ1) is 35.4. The molecule has 8 aromatic rings. The lowest BCUT2D eigenvalue weighted by molar-refractivity contribution is 0.736. The fraction of sp³-hybridized carbons (Fsp3) is 0.500. The Labute approximate surface area is 460 Å². The summed E-state index contributed by atoms with van der Waals surface area (Å²) in [6.07, 6.45) is 30.2. The number of nitrogens with one attached hydrogen (secondary N) is 4. The van der Waals surface area contributed by atoms with Gasteiger partial charge in [0.05, 0.1) is 6.33 Å². The number of hydrogen-bond acceptors (Lipinski definition) is 9. The SMILES string of the molecule is CC(C)C.CC(C)C.CC(C)C.CC(C)C.CC(C)C.CC(C)C.CC(C)C.CC(C)c1ccccc1.c1c[nH]cn1.c1cc[nH]c1.c1ccncc1.c1cn[nH]c1.c1cnccn1.c1cncnc1.c1nc[nH]n1. The van der Waals surface area contributed by atoms with Gasteiger partial charge in [0, 0.05) is 86.8 Å². The Morgan fingerprint density at radius 1 is 0.267 bits per heavy atom. The predicted molar refractivity (Wildman–Crippen MR) is 327 cm³/mol. The fourth-order valence-electron chi connectivity index (χ4n) is 2.53. The third-order valence-corrected chi connectivity index (χ3v) is 4.63. The average Bonchev–Trinajstić information content (AvgIpc) is 4.22. The molecule has 0 aliphatic carbocycles. The van der Waals surface area contributed by atoms with Gasteiger partial charge in [-0.1, -0.05) is 196 Å². The maximum Gasteiger partial charge on any atom is 0.137 e. The molecule has 0 radical (unpaired) electrons. The Kier molecular flexibility index (Phi) is 81.2. The van der Waals surface area contributed by atoms with Crippen LogP contribution in [0.2, 0.25) is 0 Å². The average molecular weight is 1040 g/mol. The molecule has 7 heterocycles. The van der Waals surface area contributed by atoms with Crippen molar-refractivity contribution in [3.05, 3.63) is 190 Å². The van der Waals surface area contributed by atoms with E-state index in [-0.39, 0.29) is 0 Å². The minimum absolute atomic E-state index is 0.659. The molecule has 0 aliphatic heterocycles. The van der Waals surface area contributed by atoms with Gasteiger partial charge in [-0.05, 0) is 89.3 Å². The Hall–Kier alpha value is -6.63. The van der Waals surface area contributed by atoms with Crippen LogP contribution in [0.25, 0.3) is 0 Å². The van der Waals surface area contributed by atoms with E-state index in [1.54, 1.807) is 86.8 Å². The number of aromatic amines is 4. The third-order valence-electron chi connectivity index (χ3n) is 4.63. The molecule has 8 rings (SSSR count). The van der Waals surface area contributed by atoms with E-state index in [4.69, 9.17) is 0 Å². The summed E-state index contributed by atoms with van der Waals surface area (Å²) >= 11 is 0. The molecule has 13 nitrogen and oxygen atoms in total. The van der Waals surface area contributed by atoms with Gasteiger partial charge < -0.3 is 9.97 Å². The minimum atomic E-state index is 0.659. The first-order valence-corrected chi connectivity index (χ1v) is 26.5. The van der Waals surface area contributed by atoms with Crippen molar-refractivity contribution in [2.75, 3.05) is 0 Å². The second kappa shape index (κ2) is 73.9. The summed E-state index contributed by atoms with van der Waals surface area (Å²) in [5.74, 6) is 6.49. The first-order valence-electron chi connectivity index (χ1n) is 26.5. The zero-order valence-electron chi connectivity index (χ0n) is 51.5. The minimum Gasteiger partial charge on any atom is -0.368 e. The number of benzene rings is 1. The highest BCUT2D eigenvalue weighted by Crippen LogP contribution is 2.11. The molecular weight excluding hydrogens is 927 g/mol. The Bertz CT molecular complexity index is 1460. The largest absolute Gasteiger partial charge is 0.368 e. The lowest BCUT2D eigenvalue weighted by Gasteiger charge is -2.01. The van der Waals surface area contributed by atoms with Crippen LogP contribution in [0.4, 0.5) is 0 Å². The van der Waals surface area contributed by atoms with Crippen molar-refractivity contribution in [1.82, 2.24) is 65.3 Å². The van der Waals surface area contributed by atoms with Crippen LogP contribution in [-0.4, -0.2) is 65.3 Å². The third kappa shape index (κ3) is 153. The smallest absolute Gasteiger partial charge is 0.137 e. The number of aromatic nitrogens is 13. The highest BCUT2D eigenvalue weighted by molar-refractivity contribution is 5.17. The van der Waals surface area contributed by atoms with Crippen LogP contribution in [0.15, 0.2) is 185 Å². The van der Waals surface area contributed by atoms with Crippen molar-refractivity contribution in [2.24, 2.45) is 41.4 Å². The van der Waals surface area contributed by atoms with E-state index in [9.17, 15) is 0 Å². The lowest BCUT2D eigenvalue weighted by Crippen LogP contribution is -1.83. The molecule has 4 N–H and O–H groups in total. The van der Waals surface area contributed by atoms with Gasteiger partial charge in [0.15, 0.2) is 0 Å². The maximum atomic E-state index is 3.78. The Morgan fingerprint density at radius 3 is 0.800 bits per heavy atom. The predicted octanol–water partition coefficient (Wildman–Crippen LogP) is 18.1. The van der Waals surface area contributed by atoms with Crippen LogP contribution in [0.1, 0.15) is 171 Å². The zero-order chi connectivity index (χ0) is 58.6. The van der Waals surface area contributed by atoms with Crippen LogP contribution in [0, 0.1) is 41.4 Å². The molecule has 13 heteroatoms. The first kappa shape index (κ1) is 82.4. The van der Waals surface area contributed by atoms with Crippen LogP contribution in [0.3, 0.4) is 0 Å². The van der Waals surface area contributed by atoms with Gasteiger partial charge in [-0.3, -0.25) is 25.1 Å². The van der Waals surface area contributed by atoms with Crippen molar-refractivity contribution in [2.45, 2.75) is 165 Å². The second-order valence-electron chi connectivity index (χ2n) is 20.6. The molecule has 0 saturated carbocycles. The van der Waals surface area contributed by atoms with Crippen molar-refractivity contribution in [3.63, 3.8) is 0 Å². The van der Waals surface area contributed by atoms with Crippen LogP contribution < -0.4 is 0 Å². The topological polar surface area (TPSA) is 179 Å². The molecule has 0 saturated heterocycles. The van der Waals surface area contributed by atoms with E-state index >= 15 is 0 Å². The molecule has 0 fully saturated rings. The van der Waals surface area contributed by atoms with E-state index in [2.05, 4.69) is 249 Å². The molecule has 0 amide bonds. The van der Waals surface area contributed by atoms with Crippen LogP contribution >= 0.6 is 0 Å². The highest BCUT2D eigenvalue weighted by Gasteiger charge is 1.93. The van der Waals surface area contributed by atoms with E-state index in [0.717, 1.165) is 41.4 Å². The van der Waals surface area contributed by atoms with Crippen molar-refractivity contribution in [3.8, 4) is 0 Å². The lowest BCUT2D eigenvalue weighted by atomic mass is 10.0. The molecule has 0 atom stereocenters. The monoisotopic (exact) mass is 1040 g/mol. The summed E-state index contributed by atoms with van der Waals surface area (Å²) in [4.78, 5) is 31.4. The van der Waals surface area contributed by atoms with Gasteiger partial charge in [-0.15, -0.1) is 0 Å². The van der Waals surface area contributed by atoms with Gasteiger partial charge in [0.25, 0.3) is 0 Å². The van der Waals surface area contributed by atoms with Gasteiger partial charge in [-0.2, -0.15) is 10.2 Å². The highest BCUT2D eigenvalue weighted by atomic mass is 15.2. The number of pyridine rings is 1. The van der Waals surface area contributed by atoms with Gasteiger partial charge in [0.2, 0.25) is 0 Å². The maximum absolute atomic E-state index is 3.78. The zero-order valence-corrected chi connectivity index (χ0v) is 51.5. The molecule has 424 valence electrons. The van der Waals surface area contributed by atoms with Gasteiger partial charge in [-0.25, -0.2) is 19.9 Å². The van der Waals surface area contributed by atoms with Crippen molar-refractivity contribution in [1.29, 1.82) is 0 Å². The second-order valence-corrected chi connectivity index (χ2v) is 20.6. The summed E-state index contributed by atoms with van der Waals surface area (Å²) < 4.78 is 0. The van der Waals surface area contributed by atoms with Crippen LogP contribution in [0.5, 0.6) is 0 Å². The number of imidazole rings is 1. The molecule has 0 bridgehead atoms. The van der Waals surface area contributed by atoms with Gasteiger partial charge in [0.1, 0.15) is 19.0 Å².